The van der Waals surface area contributed by atoms with E-state index < -0.39 is 0 Å². The number of nitrogens with zero attached hydrogens (tertiary/aromatic N) is 6. The first kappa shape index (κ1) is 15.2. The van der Waals surface area contributed by atoms with Gasteiger partial charge in [0.25, 0.3) is 11.7 Å². The molecule has 0 saturated heterocycles. The number of carbonyl (C=O) groups is 1. The highest BCUT2D eigenvalue weighted by atomic mass is 32.1. The Hall–Kier alpha value is -2.39. The lowest BCUT2D eigenvalue weighted by molar-refractivity contribution is 0.101. The Bertz CT molecular complexity index is 945. The van der Waals surface area contributed by atoms with Gasteiger partial charge in [0.05, 0.1) is 5.69 Å². The Morgan fingerprint density at radius 2 is 2.12 bits per heavy atom. The minimum Gasteiger partial charge on any atom is -0.301 e. The first-order chi connectivity index (χ1) is 11.5. The highest BCUT2D eigenvalue weighted by Gasteiger charge is 2.21. The van der Waals surface area contributed by atoms with Crippen LogP contribution in [0.2, 0.25) is 0 Å². The van der Waals surface area contributed by atoms with Crippen molar-refractivity contribution in [1.82, 2.24) is 29.5 Å². The van der Waals surface area contributed by atoms with Gasteiger partial charge in [-0.3, -0.25) is 10.1 Å². The van der Waals surface area contributed by atoms with E-state index in [9.17, 15) is 4.79 Å². The molecule has 124 valence electrons. The second-order valence-corrected chi connectivity index (χ2v) is 7.10. The van der Waals surface area contributed by atoms with E-state index in [1.54, 1.807) is 4.52 Å². The van der Waals surface area contributed by atoms with Gasteiger partial charge in [-0.05, 0) is 27.0 Å². The molecule has 0 radical (unpaired) electrons. The molecule has 0 unspecified atom stereocenters. The van der Waals surface area contributed by atoms with Crippen LogP contribution in [-0.4, -0.2) is 49.0 Å². The van der Waals surface area contributed by atoms with Gasteiger partial charge in [-0.2, -0.15) is 4.98 Å². The molecular weight excluding hydrogens is 326 g/mol. The zero-order valence-electron chi connectivity index (χ0n) is 13.7. The van der Waals surface area contributed by atoms with Crippen LogP contribution in [0, 0.1) is 13.8 Å². The maximum absolute atomic E-state index is 12.4. The second-order valence-electron chi connectivity index (χ2n) is 6.02. The fraction of sp³-hybridized carbons (Fsp3) is 0.400. The van der Waals surface area contributed by atoms with Crippen LogP contribution in [0.25, 0.3) is 5.78 Å². The van der Waals surface area contributed by atoms with Crippen LogP contribution in [0.1, 0.15) is 32.6 Å². The summed E-state index contributed by atoms with van der Waals surface area (Å²) in [5.74, 6) is 0.163. The third-order valence-corrected chi connectivity index (χ3v) is 4.96. The third kappa shape index (κ3) is 2.65. The SMILES string of the molecule is Cc1cc(C)n2nc(C(=O)Nc3nc4c(s3)CN(C)CC4)nc2n1. The number of rotatable bonds is 2. The minimum absolute atomic E-state index is 0.0986. The van der Waals surface area contributed by atoms with Crippen molar-refractivity contribution >= 4 is 28.2 Å². The second kappa shape index (κ2) is 5.60. The Kier molecular flexibility index (Phi) is 3.54. The summed E-state index contributed by atoms with van der Waals surface area (Å²) in [6.07, 6.45) is 0.910. The van der Waals surface area contributed by atoms with Crippen molar-refractivity contribution in [3.8, 4) is 0 Å². The highest BCUT2D eigenvalue weighted by Crippen LogP contribution is 2.27. The average Bonchev–Trinajstić information content (AvgIpc) is 3.10. The number of amides is 1. The predicted octanol–water partition coefficient (Wildman–Crippen LogP) is 1.44. The van der Waals surface area contributed by atoms with E-state index >= 15 is 0 Å². The average molecular weight is 343 g/mol. The minimum atomic E-state index is -0.364. The van der Waals surface area contributed by atoms with Crippen LogP contribution in [0.4, 0.5) is 5.13 Å². The van der Waals surface area contributed by atoms with Crippen LogP contribution in [0.5, 0.6) is 0 Å². The summed E-state index contributed by atoms with van der Waals surface area (Å²) in [5.41, 5.74) is 2.80. The monoisotopic (exact) mass is 343 g/mol. The molecule has 4 heterocycles. The lowest BCUT2D eigenvalue weighted by Crippen LogP contribution is -2.25. The summed E-state index contributed by atoms with van der Waals surface area (Å²) in [7, 11) is 2.08. The standard InChI is InChI=1S/C15H17N7OS/c1-8-6-9(2)22-14(16-8)18-12(20-22)13(23)19-15-17-10-4-5-21(3)7-11(10)24-15/h6H,4-5,7H2,1-3H3,(H,17,19,23). The molecule has 0 fully saturated rings. The fourth-order valence-electron chi connectivity index (χ4n) is 2.79. The van der Waals surface area contributed by atoms with Crippen molar-refractivity contribution in [2.24, 2.45) is 0 Å². The van der Waals surface area contributed by atoms with Crippen molar-refractivity contribution in [2.75, 3.05) is 18.9 Å². The Morgan fingerprint density at radius 1 is 1.29 bits per heavy atom. The summed E-state index contributed by atoms with van der Waals surface area (Å²) in [5, 5.41) is 7.65. The Labute approximate surface area is 142 Å². The summed E-state index contributed by atoms with van der Waals surface area (Å²) in [4.78, 5) is 28.9. The van der Waals surface area contributed by atoms with Gasteiger partial charge in [-0.1, -0.05) is 0 Å². The maximum atomic E-state index is 12.4. The summed E-state index contributed by atoms with van der Waals surface area (Å²) >= 11 is 1.51. The molecule has 0 saturated carbocycles. The molecule has 0 bridgehead atoms. The molecule has 9 heteroatoms. The van der Waals surface area contributed by atoms with Gasteiger partial charge in [0.1, 0.15) is 0 Å². The van der Waals surface area contributed by atoms with Crippen LogP contribution in [0.3, 0.4) is 0 Å². The van der Waals surface area contributed by atoms with Crippen molar-refractivity contribution in [2.45, 2.75) is 26.8 Å². The van der Waals surface area contributed by atoms with Crippen LogP contribution in [0.15, 0.2) is 6.07 Å². The molecule has 4 rings (SSSR count). The van der Waals surface area contributed by atoms with E-state index in [0.717, 1.165) is 36.6 Å². The van der Waals surface area contributed by atoms with Crippen molar-refractivity contribution < 1.29 is 4.79 Å². The number of fused-ring (bicyclic) bond motifs is 2. The molecule has 1 aliphatic rings. The molecule has 1 aliphatic heterocycles. The molecule has 0 aromatic carbocycles. The summed E-state index contributed by atoms with van der Waals surface area (Å²) in [6.45, 7) is 5.65. The van der Waals surface area contributed by atoms with Crippen molar-refractivity contribution in [1.29, 1.82) is 0 Å². The summed E-state index contributed by atoms with van der Waals surface area (Å²) < 4.78 is 1.57. The molecule has 1 N–H and O–H groups in total. The predicted molar refractivity (Wildman–Crippen MR) is 90.4 cm³/mol. The molecule has 1 amide bonds. The molecular formula is C15H17N7OS. The topological polar surface area (TPSA) is 88.3 Å². The lowest BCUT2D eigenvalue weighted by Gasteiger charge is -2.20. The number of carbonyl (C=O) groups excluding carboxylic acids is 1. The molecule has 0 spiro atoms. The number of hydrogen-bond acceptors (Lipinski definition) is 7. The number of aryl methyl sites for hydroxylation is 2. The molecule has 0 atom stereocenters. The Morgan fingerprint density at radius 3 is 2.96 bits per heavy atom. The smallest absolute Gasteiger partial charge is 0.297 e. The third-order valence-electron chi connectivity index (χ3n) is 3.96. The summed E-state index contributed by atoms with van der Waals surface area (Å²) in [6, 6.07) is 1.90. The van der Waals surface area contributed by atoms with E-state index in [4.69, 9.17) is 0 Å². The molecule has 3 aromatic heterocycles. The zero-order chi connectivity index (χ0) is 16.8. The van der Waals surface area contributed by atoms with E-state index in [1.165, 1.54) is 16.2 Å². The van der Waals surface area contributed by atoms with Gasteiger partial charge in [-0.25, -0.2) is 14.5 Å². The van der Waals surface area contributed by atoms with Gasteiger partial charge in [0.15, 0.2) is 5.13 Å². The number of thiazole rings is 1. The van der Waals surface area contributed by atoms with Gasteiger partial charge in [-0.15, -0.1) is 16.4 Å². The van der Waals surface area contributed by atoms with E-state index in [1.807, 2.05) is 19.9 Å². The van der Waals surface area contributed by atoms with Crippen molar-refractivity contribution in [3.63, 3.8) is 0 Å². The normalized spacial score (nSPS) is 14.8. The first-order valence-corrected chi connectivity index (χ1v) is 8.51. The van der Waals surface area contributed by atoms with Gasteiger partial charge < -0.3 is 4.90 Å². The van der Waals surface area contributed by atoms with E-state index in [0.29, 0.717) is 10.9 Å². The molecule has 3 aromatic rings. The van der Waals surface area contributed by atoms with Gasteiger partial charge >= 0.3 is 0 Å². The lowest BCUT2D eigenvalue weighted by atomic mass is 10.2. The first-order valence-electron chi connectivity index (χ1n) is 7.69. The van der Waals surface area contributed by atoms with E-state index in [2.05, 4.69) is 37.3 Å². The van der Waals surface area contributed by atoms with Gasteiger partial charge in [0.2, 0.25) is 5.82 Å². The Balaban J connectivity index is 1.59. The van der Waals surface area contributed by atoms with Crippen LogP contribution < -0.4 is 5.32 Å². The van der Waals surface area contributed by atoms with Crippen LogP contribution in [-0.2, 0) is 13.0 Å². The molecule has 0 aliphatic carbocycles. The quantitative estimate of drug-likeness (QED) is 0.757. The number of nitrogens with one attached hydrogen (secondary N) is 1. The zero-order valence-corrected chi connectivity index (χ0v) is 14.5. The maximum Gasteiger partial charge on any atom is 0.297 e. The fourth-order valence-corrected chi connectivity index (χ4v) is 3.88. The van der Waals surface area contributed by atoms with Crippen molar-refractivity contribution in [3.05, 3.63) is 33.8 Å². The molecule has 24 heavy (non-hydrogen) atoms. The van der Waals surface area contributed by atoms with E-state index in [-0.39, 0.29) is 11.7 Å². The largest absolute Gasteiger partial charge is 0.301 e. The molecule has 8 nitrogen and oxygen atoms in total. The van der Waals surface area contributed by atoms with Gasteiger partial charge in [0, 0.05) is 35.8 Å². The van der Waals surface area contributed by atoms with Crippen LogP contribution >= 0.6 is 11.3 Å². The number of anilines is 1. The number of hydrogen-bond donors (Lipinski definition) is 1. The highest BCUT2D eigenvalue weighted by molar-refractivity contribution is 7.15. The number of aromatic nitrogens is 5. The number of likely N-dealkylation sites (N-methyl/N-ethyl adjacent to an activating group) is 1.